The highest BCUT2D eigenvalue weighted by molar-refractivity contribution is 6.60. The first-order valence-corrected chi connectivity index (χ1v) is 15.7. The van der Waals surface area contributed by atoms with Crippen LogP contribution in [0.25, 0.3) is 97.0 Å². The lowest BCUT2D eigenvalue weighted by Gasteiger charge is -2.29. The van der Waals surface area contributed by atoms with E-state index < -0.39 is 0 Å². The fourth-order valence-corrected chi connectivity index (χ4v) is 13.4. The first kappa shape index (κ1) is 16.8. The van der Waals surface area contributed by atoms with E-state index in [0.29, 0.717) is 23.7 Å². The summed E-state index contributed by atoms with van der Waals surface area (Å²) in [6.45, 7) is 0. The van der Waals surface area contributed by atoms with Crippen molar-refractivity contribution in [1.29, 1.82) is 0 Å². The topological polar surface area (TPSA) is 0 Å². The van der Waals surface area contributed by atoms with Crippen LogP contribution in [0, 0.1) is 0 Å². The third-order valence-electron chi connectivity index (χ3n) is 14.1. The lowest BCUT2D eigenvalue weighted by atomic mass is 9.73. The van der Waals surface area contributed by atoms with Crippen LogP contribution < -0.4 is 0 Å². The van der Waals surface area contributed by atoms with Gasteiger partial charge in [0.2, 0.25) is 0 Å². The number of hydrogen-bond donors (Lipinski definition) is 0. The lowest BCUT2D eigenvalue weighted by molar-refractivity contribution is 0.581. The average molecular weight is 499 g/mol. The molecule has 0 saturated carbocycles. The molecule has 0 saturated heterocycles. The van der Waals surface area contributed by atoms with E-state index in [1.807, 2.05) is 0 Å². The highest BCUT2D eigenvalue weighted by Gasteiger charge is 2.50. The van der Waals surface area contributed by atoms with Crippen LogP contribution in [0.1, 0.15) is 93.9 Å². The van der Waals surface area contributed by atoms with Crippen molar-refractivity contribution < 1.29 is 0 Å². The standard InChI is InChI=1S/C40H18/c1-2-12-14-5-6-16-18-9-10-20-19-8-7-17-15-4-3-13-11(1)21-22(12)32-24(14)26(16)34-29(18)30(20)35-28(19)27(17)33-25(15)23(13)31(21)36-37(32)39(34)40(35)38(33)36/h1-4,9-10,14,16-17,19H,5-8H2. The molecule has 4 atom stereocenters. The summed E-state index contributed by atoms with van der Waals surface area (Å²) in [5, 5.41) is 29.9. The molecular weight excluding hydrogens is 480 g/mol. The van der Waals surface area contributed by atoms with Crippen molar-refractivity contribution in [2.75, 3.05) is 0 Å². The van der Waals surface area contributed by atoms with Crippen molar-refractivity contribution in [3.05, 3.63) is 80.9 Å². The first-order chi connectivity index (χ1) is 19.9. The monoisotopic (exact) mass is 498 g/mol. The van der Waals surface area contributed by atoms with Crippen LogP contribution in [-0.2, 0) is 0 Å². The van der Waals surface area contributed by atoms with Gasteiger partial charge < -0.3 is 0 Å². The van der Waals surface area contributed by atoms with Crippen molar-refractivity contribution in [3.63, 3.8) is 0 Å². The zero-order chi connectivity index (χ0) is 24.4. The molecule has 0 spiro atoms. The van der Waals surface area contributed by atoms with Crippen LogP contribution in [0.2, 0.25) is 0 Å². The normalized spacial score (nSPS) is 26.1. The largest absolute Gasteiger partial charge is 0.0575 e. The smallest absolute Gasteiger partial charge is 0.0106 e. The average Bonchev–Trinajstić information content (AvgIpc) is 3.79. The van der Waals surface area contributed by atoms with Crippen molar-refractivity contribution >= 4 is 97.0 Å². The van der Waals surface area contributed by atoms with E-state index in [2.05, 4.69) is 36.4 Å². The molecule has 0 aliphatic heterocycles. The summed E-state index contributed by atoms with van der Waals surface area (Å²) in [6, 6.07) is 15.4. The Balaban J connectivity index is 1.47. The predicted molar refractivity (Wildman–Crippen MR) is 166 cm³/mol. The highest BCUT2D eigenvalue weighted by Crippen LogP contribution is 2.72. The summed E-state index contributed by atoms with van der Waals surface area (Å²) in [6.07, 6.45) is 5.23. The summed E-state index contributed by atoms with van der Waals surface area (Å²) in [5.41, 5.74) is 13.7. The second kappa shape index (κ2) is 4.34. The third kappa shape index (κ3) is 1.12. The van der Waals surface area contributed by atoms with Crippen LogP contribution in [-0.4, -0.2) is 0 Å². The summed E-state index contributed by atoms with van der Waals surface area (Å²) in [7, 11) is 0. The molecule has 10 aromatic rings. The van der Waals surface area contributed by atoms with Gasteiger partial charge in [-0.05, 0) is 167 Å². The molecule has 0 heterocycles. The zero-order valence-corrected chi connectivity index (χ0v) is 21.6. The Morgan fingerprint density at radius 3 is 0.925 bits per heavy atom. The van der Waals surface area contributed by atoms with Crippen LogP contribution in [0.3, 0.4) is 0 Å². The molecule has 0 fully saturated rings. The Labute approximate surface area is 226 Å². The summed E-state index contributed by atoms with van der Waals surface area (Å²) >= 11 is 0. The van der Waals surface area contributed by atoms with E-state index in [1.165, 1.54) is 36.5 Å². The maximum absolute atomic E-state index is 2.61. The molecule has 0 radical (unpaired) electrons. The van der Waals surface area contributed by atoms with Crippen molar-refractivity contribution in [1.82, 2.24) is 0 Å². The maximum Gasteiger partial charge on any atom is 0.0106 e. The van der Waals surface area contributed by atoms with E-state index in [1.54, 1.807) is 131 Å². The van der Waals surface area contributed by atoms with E-state index in [9.17, 15) is 0 Å². The molecular formula is C40H18. The van der Waals surface area contributed by atoms with Gasteiger partial charge in [0, 0.05) is 23.7 Å². The van der Waals surface area contributed by atoms with Gasteiger partial charge in [0.15, 0.2) is 0 Å². The van der Waals surface area contributed by atoms with Gasteiger partial charge in [0.05, 0.1) is 0 Å². The quantitative estimate of drug-likeness (QED) is 0.182. The number of rotatable bonds is 0. The third-order valence-corrected chi connectivity index (χ3v) is 14.1. The second-order valence-corrected chi connectivity index (χ2v) is 14.7. The SMILES string of the molecule is c1cc2c3c4c1C1CCC5c6ccc7c8ccc9c%10c%11c%12c(c3c3c%13c4c1c5c1c6c7c(c8%10)c(c1%13)c%113)C2CCC9%12. The predicted octanol–water partition coefficient (Wildman–Crippen LogP) is 10.6. The van der Waals surface area contributed by atoms with Crippen LogP contribution in [0.4, 0.5) is 0 Å². The maximum atomic E-state index is 2.61. The second-order valence-electron chi connectivity index (χ2n) is 14.7. The summed E-state index contributed by atoms with van der Waals surface area (Å²) < 4.78 is 0. The van der Waals surface area contributed by atoms with Gasteiger partial charge in [-0.1, -0.05) is 36.4 Å². The number of benzene rings is 8. The van der Waals surface area contributed by atoms with Gasteiger partial charge in [0.25, 0.3) is 0 Å². The van der Waals surface area contributed by atoms with E-state index >= 15 is 0 Å². The van der Waals surface area contributed by atoms with Crippen molar-refractivity contribution in [3.8, 4) is 0 Å². The molecule has 0 aromatic heterocycles. The molecule has 6 aliphatic carbocycles. The summed E-state index contributed by atoms with van der Waals surface area (Å²) in [5.74, 6) is 2.38. The van der Waals surface area contributed by atoms with Gasteiger partial charge in [-0.2, -0.15) is 0 Å². The molecule has 4 unspecified atom stereocenters. The van der Waals surface area contributed by atoms with Gasteiger partial charge in [-0.25, -0.2) is 0 Å². The Hall–Kier alpha value is -4.16. The molecule has 0 nitrogen and oxygen atoms in total. The summed E-state index contributed by atoms with van der Waals surface area (Å²) in [4.78, 5) is 0. The van der Waals surface area contributed by atoms with E-state index in [0.717, 1.165) is 0 Å². The molecule has 0 bridgehead atoms. The molecule has 40 heavy (non-hydrogen) atoms. The molecule has 0 heteroatoms. The minimum absolute atomic E-state index is 0.588. The van der Waals surface area contributed by atoms with E-state index in [4.69, 9.17) is 0 Å². The first-order valence-electron chi connectivity index (χ1n) is 15.7. The molecule has 10 aromatic carbocycles. The molecule has 0 N–H and O–H groups in total. The van der Waals surface area contributed by atoms with Crippen molar-refractivity contribution in [2.24, 2.45) is 0 Å². The molecule has 6 aliphatic rings. The van der Waals surface area contributed by atoms with Crippen LogP contribution in [0.5, 0.6) is 0 Å². The Morgan fingerprint density at radius 1 is 0.275 bits per heavy atom. The molecule has 0 amide bonds. The van der Waals surface area contributed by atoms with E-state index in [-0.39, 0.29) is 0 Å². The Kier molecular flexibility index (Phi) is 1.83. The van der Waals surface area contributed by atoms with Gasteiger partial charge in [-0.3, -0.25) is 0 Å². The fraction of sp³-hybridized carbons (Fsp3) is 0.200. The minimum Gasteiger partial charge on any atom is -0.0575 e. The lowest BCUT2D eigenvalue weighted by Crippen LogP contribution is -2.13. The van der Waals surface area contributed by atoms with Crippen LogP contribution >= 0.6 is 0 Å². The van der Waals surface area contributed by atoms with Gasteiger partial charge >= 0.3 is 0 Å². The fourth-order valence-electron chi connectivity index (χ4n) is 13.4. The number of fused-ring (bicyclic) bond motifs is 5. The van der Waals surface area contributed by atoms with Gasteiger partial charge in [-0.15, -0.1) is 0 Å². The zero-order valence-electron chi connectivity index (χ0n) is 21.6. The van der Waals surface area contributed by atoms with Crippen LogP contribution in [0.15, 0.2) is 36.4 Å². The minimum atomic E-state index is 0.588. The Bertz CT molecular complexity index is 2840. The molecule has 16 rings (SSSR count). The van der Waals surface area contributed by atoms with Gasteiger partial charge in [0.1, 0.15) is 0 Å². The van der Waals surface area contributed by atoms with Crippen molar-refractivity contribution in [2.45, 2.75) is 49.4 Å². The molecule has 178 valence electrons. The number of hydrogen-bond acceptors (Lipinski definition) is 0. The highest BCUT2D eigenvalue weighted by atomic mass is 14.5. The Morgan fingerprint density at radius 2 is 0.550 bits per heavy atom.